The lowest BCUT2D eigenvalue weighted by Gasteiger charge is -2.07. The Hall–Kier alpha value is -1.04. The Labute approximate surface area is 143 Å². The Kier molecular flexibility index (Phi) is 5.06. The second-order valence-corrected chi connectivity index (χ2v) is 6.98. The van der Waals surface area contributed by atoms with Crippen molar-refractivity contribution < 1.29 is 4.79 Å². The molecule has 0 spiro atoms. The highest BCUT2D eigenvalue weighted by molar-refractivity contribution is 7.99. The monoisotopic (exact) mass is 355 g/mol. The third kappa shape index (κ3) is 3.47. The number of aromatic nitrogens is 3. The van der Waals surface area contributed by atoms with Crippen LogP contribution >= 0.6 is 35.0 Å². The lowest BCUT2D eigenvalue weighted by molar-refractivity contribution is 0.102. The molecule has 22 heavy (non-hydrogen) atoms. The average molecular weight is 356 g/mol. The van der Waals surface area contributed by atoms with Gasteiger partial charge in [-0.2, -0.15) is 0 Å². The van der Waals surface area contributed by atoms with Crippen molar-refractivity contribution in [2.75, 3.05) is 5.75 Å². The molecule has 0 saturated heterocycles. The highest BCUT2D eigenvalue weighted by Gasteiger charge is 2.17. The zero-order chi connectivity index (χ0) is 15.5. The van der Waals surface area contributed by atoms with Gasteiger partial charge < -0.3 is 4.57 Å². The zero-order valence-electron chi connectivity index (χ0n) is 11.9. The molecule has 2 heterocycles. The van der Waals surface area contributed by atoms with Crippen molar-refractivity contribution in [3.05, 3.63) is 39.6 Å². The lowest BCUT2D eigenvalue weighted by Crippen LogP contribution is -2.06. The number of Topliss-reactive ketones (excluding diaryl/α,β-unsaturated/α-hetero) is 1. The molecule has 0 N–H and O–H groups in total. The first-order valence-corrected chi connectivity index (χ1v) is 8.92. The minimum atomic E-state index is -0.0300. The molecule has 0 fully saturated rings. The lowest BCUT2D eigenvalue weighted by atomic mass is 10.1. The standard InChI is InChI=1S/C15H15Cl2N3OS/c16-10-5-6-11(12(17)8-10)13(21)9-22-15-19-18-14-4-2-1-3-7-20(14)15/h5-6,8H,1-4,7,9H2. The maximum absolute atomic E-state index is 12.3. The van der Waals surface area contributed by atoms with E-state index in [1.807, 2.05) is 0 Å². The van der Waals surface area contributed by atoms with Gasteiger partial charge in [0.1, 0.15) is 5.82 Å². The first-order chi connectivity index (χ1) is 10.6. The van der Waals surface area contributed by atoms with E-state index in [4.69, 9.17) is 23.2 Å². The smallest absolute Gasteiger partial charge is 0.191 e. The van der Waals surface area contributed by atoms with Gasteiger partial charge >= 0.3 is 0 Å². The van der Waals surface area contributed by atoms with Gasteiger partial charge in [0, 0.05) is 23.6 Å². The van der Waals surface area contributed by atoms with E-state index in [1.165, 1.54) is 18.2 Å². The fraction of sp³-hybridized carbons (Fsp3) is 0.400. The molecule has 1 aliphatic rings. The van der Waals surface area contributed by atoms with Crippen molar-refractivity contribution in [1.82, 2.24) is 14.8 Å². The number of hydrogen-bond donors (Lipinski definition) is 0. The van der Waals surface area contributed by atoms with E-state index in [-0.39, 0.29) is 5.78 Å². The molecule has 4 nitrogen and oxygen atoms in total. The summed E-state index contributed by atoms with van der Waals surface area (Å²) in [5.74, 6) is 1.29. The van der Waals surface area contributed by atoms with Crippen LogP contribution < -0.4 is 0 Å². The van der Waals surface area contributed by atoms with Crippen LogP contribution in [-0.2, 0) is 13.0 Å². The second kappa shape index (κ2) is 7.02. The predicted molar refractivity (Wildman–Crippen MR) is 89.1 cm³/mol. The minimum absolute atomic E-state index is 0.0300. The van der Waals surface area contributed by atoms with Gasteiger partial charge in [-0.25, -0.2) is 0 Å². The second-order valence-electron chi connectivity index (χ2n) is 5.20. The summed E-state index contributed by atoms with van der Waals surface area (Å²) in [5, 5.41) is 10.2. The third-order valence-corrected chi connectivity index (χ3v) is 5.15. The van der Waals surface area contributed by atoms with Crippen LogP contribution in [0.15, 0.2) is 23.4 Å². The normalized spacial score (nSPS) is 14.5. The van der Waals surface area contributed by atoms with Gasteiger partial charge in [-0.05, 0) is 31.0 Å². The van der Waals surface area contributed by atoms with Gasteiger partial charge in [0.2, 0.25) is 0 Å². The number of halogens is 2. The number of aryl methyl sites for hydroxylation is 1. The number of carbonyl (C=O) groups excluding carboxylic acids is 1. The molecule has 3 rings (SSSR count). The van der Waals surface area contributed by atoms with Crippen LogP contribution in [-0.4, -0.2) is 26.3 Å². The van der Waals surface area contributed by atoms with Crippen LogP contribution in [0.3, 0.4) is 0 Å². The maximum Gasteiger partial charge on any atom is 0.191 e. The molecule has 1 aliphatic heterocycles. The Morgan fingerprint density at radius 2 is 2.09 bits per heavy atom. The first-order valence-electron chi connectivity index (χ1n) is 7.18. The van der Waals surface area contributed by atoms with Crippen LogP contribution in [0.25, 0.3) is 0 Å². The Balaban J connectivity index is 1.70. The van der Waals surface area contributed by atoms with Gasteiger partial charge in [0.05, 0.1) is 10.8 Å². The van der Waals surface area contributed by atoms with Crippen LogP contribution in [0.5, 0.6) is 0 Å². The molecule has 0 atom stereocenters. The first kappa shape index (κ1) is 15.8. The molecule has 2 aromatic rings. The highest BCUT2D eigenvalue weighted by atomic mass is 35.5. The summed E-state index contributed by atoms with van der Waals surface area (Å²) >= 11 is 13.3. The van der Waals surface area contributed by atoms with Gasteiger partial charge in [0.15, 0.2) is 10.9 Å². The van der Waals surface area contributed by atoms with Crippen molar-refractivity contribution in [3.63, 3.8) is 0 Å². The molecule has 0 aliphatic carbocycles. The van der Waals surface area contributed by atoms with Crippen LogP contribution in [0.4, 0.5) is 0 Å². The molecule has 7 heteroatoms. The number of fused-ring (bicyclic) bond motifs is 1. The van der Waals surface area contributed by atoms with Crippen molar-refractivity contribution in [2.45, 2.75) is 37.4 Å². The van der Waals surface area contributed by atoms with Crippen molar-refractivity contribution in [2.24, 2.45) is 0 Å². The summed E-state index contributed by atoms with van der Waals surface area (Å²) in [5.41, 5.74) is 0.495. The Morgan fingerprint density at radius 1 is 1.23 bits per heavy atom. The van der Waals surface area contributed by atoms with E-state index in [0.29, 0.717) is 21.4 Å². The van der Waals surface area contributed by atoms with Crippen molar-refractivity contribution >= 4 is 40.7 Å². The number of ketones is 1. The van der Waals surface area contributed by atoms with Gasteiger partial charge in [-0.1, -0.05) is 41.4 Å². The SMILES string of the molecule is O=C(CSc1nnc2n1CCCCC2)c1ccc(Cl)cc1Cl. The van der Waals surface area contributed by atoms with E-state index >= 15 is 0 Å². The minimum Gasteiger partial charge on any atom is -0.306 e. The van der Waals surface area contributed by atoms with Crippen molar-refractivity contribution in [3.8, 4) is 0 Å². The van der Waals surface area contributed by atoms with Crippen molar-refractivity contribution in [1.29, 1.82) is 0 Å². The molecule has 1 aromatic heterocycles. The van der Waals surface area contributed by atoms with Gasteiger partial charge in [-0.15, -0.1) is 10.2 Å². The molecule has 0 amide bonds. The van der Waals surface area contributed by atoms with Crippen LogP contribution in [0.2, 0.25) is 10.0 Å². The van der Waals surface area contributed by atoms with Crippen LogP contribution in [0.1, 0.15) is 35.4 Å². The molecule has 0 bridgehead atoms. The summed E-state index contributed by atoms with van der Waals surface area (Å²) in [7, 11) is 0. The number of nitrogens with zero attached hydrogens (tertiary/aromatic N) is 3. The van der Waals surface area contributed by atoms with Gasteiger partial charge in [0.25, 0.3) is 0 Å². The summed E-state index contributed by atoms with van der Waals surface area (Å²) in [6.07, 6.45) is 4.47. The number of hydrogen-bond acceptors (Lipinski definition) is 4. The predicted octanol–water partition coefficient (Wildman–Crippen LogP) is 4.29. The highest BCUT2D eigenvalue weighted by Crippen LogP contribution is 2.25. The molecule has 1 aromatic carbocycles. The molecule has 0 radical (unpaired) electrons. The maximum atomic E-state index is 12.3. The van der Waals surface area contributed by atoms with E-state index in [9.17, 15) is 4.79 Å². The molecule has 0 saturated carbocycles. The number of benzene rings is 1. The molecule has 116 valence electrons. The quantitative estimate of drug-likeness (QED) is 0.606. The fourth-order valence-corrected chi connectivity index (χ4v) is 3.87. The zero-order valence-corrected chi connectivity index (χ0v) is 14.2. The summed E-state index contributed by atoms with van der Waals surface area (Å²) in [6.45, 7) is 0.931. The van der Waals surface area contributed by atoms with E-state index < -0.39 is 0 Å². The Morgan fingerprint density at radius 3 is 2.91 bits per heavy atom. The van der Waals surface area contributed by atoms with E-state index in [0.717, 1.165) is 36.8 Å². The summed E-state index contributed by atoms with van der Waals surface area (Å²) in [6, 6.07) is 4.93. The van der Waals surface area contributed by atoms with E-state index in [1.54, 1.807) is 18.2 Å². The van der Waals surface area contributed by atoms with Crippen LogP contribution in [0, 0.1) is 0 Å². The fourth-order valence-electron chi connectivity index (χ4n) is 2.49. The Bertz CT molecular complexity index is 702. The topological polar surface area (TPSA) is 47.8 Å². The molecule has 0 unspecified atom stereocenters. The average Bonchev–Trinajstić information content (AvgIpc) is 2.72. The number of carbonyl (C=O) groups is 1. The largest absolute Gasteiger partial charge is 0.306 e. The third-order valence-electron chi connectivity index (χ3n) is 3.64. The molecular formula is C15H15Cl2N3OS. The summed E-state index contributed by atoms with van der Waals surface area (Å²) in [4.78, 5) is 12.3. The number of rotatable bonds is 4. The summed E-state index contributed by atoms with van der Waals surface area (Å²) < 4.78 is 2.13. The van der Waals surface area contributed by atoms with Gasteiger partial charge in [-0.3, -0.25) is 4.79 Å². The van der Waals surface area contributed by atoms with E-state index in [2.05, 4.69) is 14.8 Å². The number of thioether (sulfide) groups is 1. The molecular weight excluding hydrogens is 341 g/mol.